The lowest BCUT2D eigenvalue weighted by Crippen LogP contribution is -2.30. The second kappa shape index (κ2) is 7.94. The molecule has 1 aliphatic rings. The number of nitrogens with zero attached hydrogens (tertiary/aromatic N) is 1. The zero-order valence-electron chi connectivity index (χ0n) is 14.6. The minimum absolute atomic E-state index is 0.0863. The van der Waals surface area contributed by atoms with Crippen molar-refractivity contribution >= 4 is 46.6 Å². The van der Waals surface area contributed by atoms with Gasteiger partial charge in [-0.25, -0.2) is 4.39 Å². The fraction of sp³-hybridized carbons (Fsp3) is 0.158. The van der Waals surface area contributed by atoms with Crippen LogP contribution in [0.5, 0.6) is 11.5 Å². The third-order valence-corrected chi connectivity index (χ3v) is 4.41. The molecular formula is C19H16ClFN2O3S. The van der Waals surface area contributed by atoms with E-state index >= 15 is 0 Å². The number of methoxy groups -OCH3 is 1. The SMILES string of the molecule is CCOc1ccc(/C=C2/NC(=S)N(c3ccc(F)c(Cl)c3)C2=O)cc1OC. The van der Waals surface area contributed by atoms with Crippen LogP contribution in [0.15, 0.2) is 42.1 Å². The molecule has 2 aromatic carbocycles. The van der Waals surface area contributed by atoms with Crippen LogP contribution in [-0.2, 0) is 4.79 Å². The number of carbonyl (C=O) groups excluding carboxylic acids is 1. The summed E-state index contributed by atoms with van der Waals surface area (Å²) < 4.78 is 24.2. The van der Waals surface area contributed by atoms with Gasteiger partial charge in [0.2, 0.25) is 0 Å². The third-order valence-electron chi connectivity index (χ3n) is 3.84. The molecule has 0 spiro atoms. The van der Waals surface area contributed by atoms with Crippen LogP contribution in [0.3, 0.4) is 0 Å². The molecule has 0 bridgehead atoms. The number of hydrogen-bond donors (Lipinski definition) is 1. The topological polar surface area (TPSA) is 50.8 Å². The van der Waals surface area contributed by atoms with Crippen molar-refractivity contribution in [2.75, 3.05) is 18.6 Å². The second-order valence-electron chi connectivity index (χ2n) is 5.57. The van der Waals surface area contributed by atoms with Gasteiger partial charge in [-0.05, 0) is 61.1 Å². The van der Waals surface area contributed by atoms with Gasteiger partial charge >= 0.3 is 0 Å². The highest BCUT2D eigenvalue weighted by molar-refractivity contribution is 7.80. The summed E-state index contributed by atoms with van der Waals surface area (Å²) in [6.07, 6.45) is 1.65. The summed E-state index contributed by atoms with van der Waals surface area (Å²) in [6, 6.07) is 9.31. The van der Waals surface area contributed by atoms with Crippen molar-refractivity contribution in [3.63, 3.8) is 0 Å². The van der Waals surface area contributed by atoms with Crippen molar-refractivity contribution < 1.29 is 18.7 Å². The average Bonchev–Trinajstić information content (AvgIpc) is 2.92. The highest BCUT2D eigenvalue weighted by Crippen LogP contribution is 2.30. The maximum atomic E-state index is 13.4. The normalized spacial score (nSPS) is 15.3. The first-order valence-corrected chi connectivity index (χ1v) is 8.86. The Hall–Kier alpha value is -2.64. The van der Waals surface area contributed by atoms with Gasteiger partial charge in [-0.1, -0.05) is 17.7 Å². The fourth-order valence-electron chi connectivity index (χ4n) is 2.61. The summed E-state index contributed by atoms with van der Waals surface area (Å²) >= 11 is 11.1. The number of ether oxygens (including phenoxy) is 2. The van der Waals surface area contributed by atoms with Crippen LogP contribution in [0.1, 0.15) is 12.5 Å². The van der Waals surface area contributed by atoms with Gasteiger partial charge in [0.25, 0.3) is 5.91 Å². The van der Waals surface area contributed by atoms with Crippen LogP contribution in [0.4, 0.5) is 10.1 Å². The molecule has 0 unspecified atom stereocenters. The van der Waals surface area contributed by atoms with E-state index in [0.29, 0.717) is 23.8 Å². The number of thiocarbonyl (C=S) groups is 1. The first-order chi connectivity index (χ1) is 12.9. The molecule has 0 saturated carbocycles. The molecule has 1 saturated heterocycles. The Morgan fingerprint density at radius 2 is 2.04 bits per heavy atom. The maximum Gasteiger partial charge on any atom is 0.281 e. The number of rotatable bonds is 5. The Labute approximate surface area is 166 Å². The summed E-state index contributed by atoms with van der Waals surface area (Å²) in [7, 11) is 1.54. The highest BCUT2D eigenvalue weighted by atomic mass is 35.5. The molecule has 0 aliphatic carbocycles. The van der Waals surface area contributed by atoms with Crippen molar-refractivity contribution in [3.8, 4) is 11.5 Å². The summed E-state index contributed by atoms with van der Waals surface area (Å²) in [5.41, 5.74) is 1.40. The van der Waals surface area contributed by atoms with Gasteiger partial charge in [-0.15, -0.1) is 0 Å². The van der Waals surface area contributed by atoms with E-state index in [0.717, 1.165) is 5.56 Å². The van der Waals surface area contributed by atoms with Crippen LogP contribution >= 0.6 is 23.8 Å². The van der Waals surface area contributed by atoms with Crippen molar-refractivity contribution in [3.05, 3.63) is 58.5 Å². The molecular weight excluding hydrogens is 391 g/mol. The first kappa shape index (κ1) is 19.1. The van der Waals surface area contributed by atoms with Crippen molar-refractivity contribution in [2.45, 2.75) is 6.92 Å². The predicted molar refractivity (Wildman–Crippen MR) is 107 cm³/mol. The number of carbonyl (C=O) groups is 1. The largest absolute Gasteiger partial charge is 0.493 e. The Bertz CT molecular complexity index is 949. The molecule has 1 heterocycles. The number of amides is 1. The Balaban J connectivity index is 1.91. The van der Waals surface area contributed by atoms with E-state index in [1.165, 1.54) is 23.1 Å². The van der Waals surface area contributed by atoms with Crippen LogP contribution in [0.25, 0.3) is 6.08 Å². The van der Waals surface area contributed by atoms with Crippen LogP contribution in [-0.4, -0.2) is 24.7 Å². The maximum absolute atomic E-state index is 13.4. The van der Waals surface area contributed by atoms with Gasteiger partial charge in [0.1, 0.15) is 11.5 Å². The summed E-state index contributed by atoms with van der Waals surface area (Å²) in [4.78, 5) is 14.0. The van der Waals surface area contributed by atoms with Gasteiger partial charge in [0.05, 0.1) is 24.4 Å². The molecule has 0 atom stereocenters. The van der Waals surface area contributed by atoms with E-state index in [-0.39, 0.29) is 21.7 Å². The minimum atomic E-state index is -0.566. The van der Waals surface area contributed by atoms with E-state index in [9.17, 15) is 9.18 Å². The lowest BCUT2D eigenvalue weighted by atomic mass is 10.1. The molecule has 1 fully saturated rings. The van der Waals surface area contributed by atoms with Crippen molar-refractivity contribution in [2.24, 2.45) is 0 Å². The van der Waals surface area contributed by atoms with Gasteiger partial charge in [0, 0.05) is 0 Å². The van der Waals surface area contributed by atoms with Gasteiger partial charge in [-0.2, -0.15) is 0 Å². The first-order valence-electron chi connectivity index (χ1n) is 8.07. The van der Waals surface area contributed by atoms with Gasteiger partial charge in [0.15, 0.2) is 16.6 Å². The molecule has 1 N–H and O–H groups in total. The summed E-state index contributed by atoms with van der Waals surface area (Å²) in [6.45, 7) is 2.40. The molecule has 3 rings (SSSR count). The molecule has 0 radical (unpaired) electrons. The zero-order valence-corrected chi connectivity index (χ0v) is 16.2. The monoisotopic (exact) mass is 406 g/mol. The Kier molecular flexibility index (Phi) is 5.62. The predicted octanol–water partition coefficient (Wildman–Crippen LogP) is 4.15. The lowest BCUT2D eigenvalue weighted by molar-refractivity contribution is -0.113. The van der Waals surface area contributed by atoms with Gasteiger partial charge < -0.3 is 14.8 Å². The van der Waals surface area contributed by atoms with Crippen molar-refractivity contribution in [1.29, 1.82) is 0 Å². The summed E-state index contributed by atoms with van der Waals surface area (Å²) in [5, 5.41) is 2.97. The number of benzene rings is 2. The number of halogens is 2. The van der Waals surface area contributed by atoms with E-state index < -0.39 is 5.82 Å². The molecule has 2 aromatic rings. The smallest absolute Gasteiger partial charge is 0.281 e. The Morgan fingerprint density at radius 1 is 1.26 bits per heavy atom. The number of nitrogens with one attached hydrogen (secondary N) is 1. The van der Waals surface area contributed by atoms with Crippen LogP contribution in [0, 0.1) is 5.82 Å². The second-order valence-corrected chi connectivity index (χ2v) is 6.36. The third kappa shape index (κ3) is 3.89. The molecule has 1 aliphatic heterocycles. The van der Waals surface area contributed by atoms with E-state index in [2.05, 4.69) is 5.32 Å². The zero-order chi connectivity index (χ0) is 19.6. The molecule has 5 nitrogen and oxygen atoms in total. The standard InChI is InChI=1S/C19H16ClFN2O3S/c1-3-26-16-7-4-11(9-17(16)25-2)8-15-18(24)23(19(27)22-15)12-5-6-14(21)13(20)10-12/h4-10H,3H2,1-2H3,(H,22,27)/b15-8+. The van der Waals surface area contributed by atoms with Crippen LogP contribution < -0.4 is 19.7 Å². The van der Waals surface area contributed by atoms with Crippen molar-refractivity contribution in [1.82, 2.24) is 5.32 Å². The molecule has 1 amide bonds. The van der Waals surface area contributed by atoms with Crippen LogP contribution in [0.2, 0.25) is 5.02 Å². The molecule has 8 heteroatoms. The molecule has 27 heavy (non-hydrogen) atoms. The molecule has 140 valence electrons. The fourth-order valence-corrected chi connectivity index (χ4v) is 3.08. The minimum Gasteiger partial charge on any atom is -0.493 e. The van der Waals surface area contributed by atoms with E-state index in [1.807, 2.05) is 6.92 Å². The number of anilines is 1. The highest BCUT2D eigenvalue weighted by Gasteiger charge is 2.32. The van der Waals surface area contributed by atoms with E-state index in [4.69, 9.17) is 33.3 Å². The quantitative estimate of drug-likeness (QED) is 0.597. The lowest BCUT2D eigenvalue weighted by Gasteiger charge is -2.14. The summed E-state index contributed by atoms with van der Waals surface area (Å²) in [5.74, 6) is 0.242. The molecule has 0 aromatic heterocycles. The number of hydrogen-bond acceptors (Lipinski definition) is 4. The van der Waals surface area contributed by atoms with E-state index in [1.54, 1.807) is 31.4 Å². The average molecular weight is 407 g/mol. The van der Waals surface area contributed by atoms with Gasteiger partial charge in [-0.3, -0.25) is 9.69 Å². The Morgan fingerprint density at radius 3 is 2.70 bits per heavy atom.